The number of nitriles is 1. The smallest absolute Gasteiger partial charge is 0.265 e. The third-order valence-corrected chi connectivity index (χ3v) is 3.34. The molecule has 86 valence electrons. The number of hydrogen-bond donors (Lipinski definition) is 0. The van der Waals surface area contributed by atoms with Gasteiger partial charge in [-0.3, -0.25) is 4.79 Å². The molecule has 6 heteroatoms. The molecule has 18 heavy (non-hydrogen) atoms. The van der Waals surface area contributed by atoms with Crippen LogP contribution in [0.4, 0.5) is 0 Å². The molecule has 2 aromatic heterocycles. The number of benzene rings is 1. The highest BCUT2D eigenvalue weighted by molar-refractivity contribution is 7.15. The predicted octanol–water partition coefficient (Wildman–Crippen LogP) is 1.69. The second kappa shape index (κ2) is 4.05. The van der Waals surface area contributed by atoms with Crippen LogP contribution in [0.5, 0.6) is 0 Å². The fraction of sp³-hybridized carbons (Fsp3) is 0. The van der Waals surface area contributed by atoms with Gasteiger partial charge in [-0.1, -0.05) is 30.3 Å². The van der Waals surface area contributed by atoms with Crippen molar-refractivity contribution >= 4 is 16.3 Å². The Morgan fingerprint density at radius 2 is 2.00 bits per heavy atom. The maximum Gasteiger partial charge on any atom is 0.296 e. The van der Waals surface area contributed by atoms with Gasteiger partial charge in [-0.25, -0.2) is 4.40 Å². The third kappa shape index (κ3) is 1.49. The normalized spacial score (nSPS) is 10.4. The molecule has 3 aromatic rings. The Hall–Kier alpha value is -2.52. The van der Waals surface area contributed by atoms with Crippen molar-refractivity contribution in [1.82, 2.24) is 14.6 Å². The average molecular weight is 254 g/mol. The first-order valence-electron chi connectivity index (χ1n) is 5.13. The van der Waals surface area contributed by atoms with Crippen LogP contribution in [0.3, 0.4) is 0 Å². The minimum absolute atomic E-state index is 0.192. The van der Waals surface area contributed by atoms with Crippen molar-refractivity contribution in [3.05, 3.63) is 51.8 Å². The van der Waals surface area contributed by atoms with E-state index in [1.807, 2.05) is 35.7 Å². The highest BCUT2D eigenvalue weighted by Gasteiger charge is 2.12. The summed E-state index contributed by atoms with van der Waals surface area (Å²) in [4.78, 5) is 12.5. The lowest BCUT2D eigenvalue weighted by Gasteiger charge is -2.00. The molecule has 2 heterocycles. The van der Waals surface area contributed by atoms with Crippen LogP contribution in [-0.2, 0) is 0 Å². The first kappa shape index (κ1) is 10.6. The summed E-state index contributed by atoms with van der Waals surface area (Å²) >= 11 is 1.32. The Kier molecular flexibility index (Phi) is 2.39. The maximum atomic E-state index is 12.1. The van der Waals surface area contributed by atoms with Gasteiger partial charge in [0.15, 0.2) is 0 Å². The number of rotatable bonds is 1. The molecule has 0 radical (unpaired) electrons. The van der Waals surface area contributed by atoms with Gasteiger partial charge in [0.1, 0.15) is 6.07 Å². The van der Waals surface area contributed by atoms with E-state index in [0.29, 0.717) is 4.96 Å². The number of nitrogens with zero attached hydrogens (tertiary/aromatic N) is 4. The lowest BCUT2D eigenvalue weighted by atomic mass is 10.2. The van der Waals surface area contributed by atoms with E-state index in [2.05, 4.69) is 10.2 Å². The van der Waals surface area contributed by atoms with Crippen molar-refractivity contribution < 1.29 is 0 Å². The van der Waals surface area contributed by atoms with Crippen LogP contribution in [0.25, 0.3) is 16.2 Å². The topological polar surface area (TPSA) is 71.1 Å². The largest absolute Gasteiger partial charge is 0.296 e. The Morgan fingerprint density at radius 1 is 1.22 bits per heavy atom. The van der Waals surface area contributed by atoms with E-state index in [1.165, 1.54) is 15.7 Å². The number of thiazole rings is 1. The minimum atomic E-state index is -0.428. The zero-order valence-corrected chi connectivity index (χ0v) is 9.89. The van der Waals surface area contributed by atoms with Gasteiger partial charge in [0.2, 0.25) is 10.7 Å². The number of aromatic nitrogens is 3. The molecule has 5 nitrogen and oxygen atoms in total. The molecule has 0 N–H and O–H groups in total. The molecule has 3 rings (SSSR count). The summed E-state index contributed by atoms with van der Waals surface area (Å²) in [5, 5.41) is 18.1. The summed E-state index contributed by atoms with van der Waals surface area (Å²) in [7, 11) is 0. The van der Waals surface area contributed by atoms with Gasteiger partial charge < -0.3 is 0 Å². The first-order chi connectivity index (χ1) is 8.81. The molecule has 0 unspecified atom stereocenters. The Morgan fingerprint density at radius 3 is 2.72 bits per heavy atom. The van der Waals surface area contributed by atoms with E-state index >= 15 is 0 Å². The van der Waals surface area contributed by atoms with E-state index in [-0.39, 0.29) is 5.69 Å². The molecule has 0 amide bonds. The van der Waals surface area contributed by atoms with Crippen LogP contribution in [0, 0.1) is 11.3 Å². The van der Waals surface area contributed by atoms with E-state index < -0.39 is 5.56 Å². The van der Waals surface area contributed by atoms with E-state index in [4.69, 9.17) is 5.26 Å². The zero-order chi connectivity index (χ0) is 12.5. The number of hydrogen-bond acceptors (Lipinski definition) is 5. The molecule has 0 aliphatic rings. The van der Waals surface area contributed by atoms with Crippen molar-refractivity contribution in [2.24, 2.45) is 0 Å². The van der Waals surface area contributed by atoms with Gasteiger partial charge in [-0.2, -0.15) is 5.26 Å². The standard InChI is InChI=1S/C12H6N4OS/c13-6-9-11(17)16-10(7-18-12(16)15-14-9)8-4-2-1-3-5-8/h1-5,7H. The third-order valence-electron chi connectivity index (χ3n) is 2.52. The highest BCUT2D eigenvalue weighted by atomic mass is 32.1. The van der Waals surface area contributed by atoms with Gasteiger partial charge >= 0.3 is 0 Å². The van der Waals surface area contributed by atoms with Gasteiger partial charge in [0.25, 0.3) is 5.56 Å². The summed E-state index contributed by atoms with van der Waals surface area (Å²) in [6.07, 6.45) is 0. The van der Waals surface area contributed by atoms with Crippen LogP contribution >= 0.6 is 11.3 Å². The fourth-order valence-corrected chi connectivity index (χ4v) is 2.53. The molecule has 0 atom stereocenters. The van der Waals surface area contributed by atoms with Gasteiger partial charge in [0, 0.05) is 5.38 Å². The van der Waals surface area contributed by atoms with Crippen molar-refractivity contribution in [2.45, 2.75) is 0 Å². The molecular weight excluding hydrogens is 248 g/mol. The van der Waals surface area contributed by atoms with Gasteiger partial charge in [0.05, 0.1) is 5.69 Å². The Balaban J connectivity index is 2.40. The first-order valence-corrected chi connectivity index (χ1v) is 6.01. The van der Waals surface area contributed by atoms with Crippen LogP contribution in [0.15, 0.2) is 40.5 Å². The Bertz CT molecular complexity index is 813. The fourth-order valence-electron chi connectivity index (χ4n) is 1.70. The highest BCUT2D eigenvalue weighted by Crippen LogP contribution is 2.23. The molecule has 0 saturated carbocycles. The average Bonchev–Trinajstić information content (AvgIpc) is 2.85. The van der Waals surface area contributed by atoms with Crippen LogP contribution in [0.1, 0.15) is 5.69 Å². The molecule has 1 aromatic carbocycles. The summed E-state index contributed by atoms with van der Waals surface area (Å²) in [5.74, 6) is 0. The van der Waals surface area contributed by atoms with Crippen LogP contribution in [-0.4, -0.2) is 14.6 Å². The molecule has 0 bridgehead atoms. The summed E-state index contributed by atoms with van der Waals surface area (Å²) in [6.45, 7) is 0. The molecule has 0 aliphatic heterocycles. The zero-order valence-electron chi connectivity index (χ0n) is 9.07. The van der Waals surface area contributed by atoms with E-state index in [1.54, 1.807) is 6.07 Å². The predicted molar refractivity (Wildman–Crippen MR) is 67.3 cm³/mol. The second-order valence-corrected chi connectivity index (χ2v) is 4.41. The summed E-state index contributed by atoms with van der Waals surface area (Å²) in [5.41, 5.74) is 1.01. The van der Waals surface area contributed by atoms with Crippen LogP contribution in [0.2, 0.25) is 0 Å². The lowest BCUT2D eigenvalue weighted by molar-refractivity contribution is 0.938. The van der Waals surface area contributed by atoms with Gasteiger partial charge in [-0.15, -0.1) is 21.5 Å². The Labute approximate surface area is 106 Å². The van der Waals surface area contributed by atoms with Crippen molar-refractivity contribution in [2.75, 3.05) is 0 Å². The van der Waals surface area contributed by atoms with E-state index in [0.717, 1.165) is 11.3 Å². The SMILES string of the molecule is N#Cc1nnc2scc(-c3ccccc3)n2c1=O. The van der Waals surface area contributed by atoms with Crippen LogP contribution < -0.4 is 5.56 Å². The molecule has 0 saturated heterocycles. The van der Waals surface area contributed by atoms with E-state index in [9.17, 15) is 4.79 Å². The monoisotopic (exact) mass is 254 g/mol. The van der Waals surface area contributed by atoms with Crippen molar-refractivity contribution in [3.8, 4) is 17.3 Å². The summed E-state index contributed by atoms with van der Waals surface area (Å²) in [6, 6.07) is 11.2. The second-order valence-electron chi connectivity index (χ2n) is 3.57. The number of fused-ring (bicyclic) bond motifs is 1. The minimum Gasteiger partial charge on any atom is -0.265 e. The maximum absolute atomic E-state index is 12.1. The van der Waals surface area contributed by atoms with Gasteiger partial charge in [-0.05, 0) is 5.56 Å². The molecule has 0 spiro atoms. The lowest BCUT2D eigenvalue weighted by Crippen LogP contribution is -2.19. The summed E-state index contributed by atoms with van der Waals surface area (Å²) < 4.78 is 1.42. The molecule has 0 aliphatic carbocycles. The van der Waals surface area contributed by atoms with Crippen molar-refractivity contribution in [1.29, 1.82) is 5.26 Å². The van der Waals surface area contributed by atoms with Crippen molar-refractivity contribution in [3.63, 3.8) is 0 Å². The molecule has 0 fully saturated rings. The molecular formula is C12H6N4OS. The quantitative estimate of drug-likeness (QED) is 0.662.